The van der Waals surface area contributed by atoms with Gasteiger partial charge in [0, 0.05) is 32.2 Å². The molecule has 2 aromatic rings. The van der Waals surface area contributed by atoms with Crippen molar-refractivity contribution in [3.63, 3.8) is 0 Å². The van der Waals surface area contributed by atoms with Crippen LogP contribution in [0.3, 0.4) is 0 Å². The molecule has 3 rings (SSSR count). The lowest BCUT2D eigenvalue weighted by molar-refractivity contribution is 0.0656. The van der Waals surface area contributed by atoms with E-state index >= 15 is 0 Å². The van der Waals surface area contributed by atoms with Gasteiger partial charge in [0.25, 0.3) is 5.91 Å². The van der Waals surface area contributed by atoms with E-state index in [0.29, 0.717) is 23.7 Å². The highest BCUT2D eigenvalue weighted by atomic mass is 32.2. The van der Waals surface area contributed by atoms with E-state index in [9.17, 15) is 13.2 Å². The van der Waals surface area contributed by atoms with Crippen molar-refractivity contribution in [3.05, 3.63) is 46.8 Å². The van der Waals surface area contributed by atoms with Crippen LogP contribution in [0.15, 0.2) is 33.7 Å². The fourth-order valence-corrected chi connectivity index (χ4v) is 4.61. The summed E-state index contributed by atoms with van der Waals surface area (Å²) in [5.41, 5.74) is 2.39. The van der Waals surface area contributed by atoms with Crippen molar-refractivity contribution in [1.29, 1.82) is 0 Å². The third kappa shape index (κ3) is 3.45. The summed E-state index contributed by atoms with van der Waals surface area (Å²) in [6, 6.07) is 6.89. The highest BCUT2D eigenvalue weighted by Crippen LogP contribution is 2.22. The SMILES string of the molecule is Cc1ccc(S(=O)(=O)N2CCN(C(=O)c3cc(C)no3)CC2)c(C)c1. The molecule has 1 fully saturated rings. The molecule has 1 aliphatic heterocycles. The Labute approximate surface area is 147 Å². The summed E-state index contributed by atoms with van der Waals surface area (Å²) in [7, 11) is -3.56. The fraction of sp³-hybridized carbons (Fsp3) is 0.412. The van der Waals surface area contributed by atoms with Gasteiger partial charge in [0.1, 0.15) is 0 Å². The van der Waals surface area contributed by atoms with Gasteiger partial charge in [-0.15, -0.1) is 0 Å². The molecule has 134 valence electrons. The van der Waals surface area contributed by atoms with Gasteiger partial charge in [-0.25, -0.2) is 8.42 Å². The Bertz CT molecular complexity index is 896. The van der Waals surface area contributed by atoms with Gasteiger partial charge in [-0.2, -0.15) is 4.31 Å². The maximum atomic E-state index is 12.9. The molecule has 0 aliphatic carbocycles. The molecule has 1 aliphatic rings. The molecule has 0 radical (unpaired) electrons. The van der Waals surface area contributed by atoms with E-state index in [1.165, 1.54) is 4.31 Å². The zero-order valence-corrected chi connectivity index (χ0v) is 15.3. The van der Waals surface area contributed by atoms with Gasteiger partial charge in [-0.05, 0) is 32.4 Å². The first-order valence-corrected chi connectivity index (χ1v) is 9.53. The van der Waals surface area contributed by atoms with E-state index in [0.717, 1.165) is 11.1 Å². The number of piperazine rings is 1. The standard InChI is InChI=1S/C17H21N3O4S/c1-12-4-5-16(13(2)10-12)25(22,23)20-8-6-19(7-9-20)17(21)15-11-14(3)18-24-15/h4-5,10-11H,6-9H2,1-3H3. The molecule has 25 heavy (non-hydrogen) atoms. The number of rotatable bonds is 3. The van der Waals surface area contributed by atoms with Crippen molar-refractivity contribution in [2.75, 3.05) is 26.2 Å². The fourth-order valence-electron chi connectivity index (χ4n) is 2.98. The zero-order valence-electron chi connectivity index (χ0n) is 14.5. The van der Waals surface area contributed by atoms with Crippen LogP contribution in [-0.4, -0.2) is 54.9 Å². The normalized spacial score (nSPS) is 16.2. The molecule has 7 nitrogen and oxygen atoms in total. The average molecular weight is 363 g/mol. The number of nitrogens with zero attached hydrogens (tertiary/aromatic N) is 3. The van der Waals surface area contributed by atoms with Gasteiger partial charge < -0.3 is 9.42 Å². The van der Waals surface area contributed by atoms with Crippen molar-refractivity contribution < 1.29 is 17.7 Å². The summed E-state index contributed by atoms with van der Waals surface area (Å²) in [6.45, 7) is 6.63. The second-order valence-electron chi connectivity index (χ2n) is 6.30. The van der Waals surface area contributed by atoms with Crippen LogP contribution in [0.4, 0.5) is 0 Å². The van der Waals surface area contributed by atoms with Crippen LogP contribution in [0.25, 0.3) is 0 Å². The smallest absolute Gasteiger partial charge is 0.292 e. The molecule has 0 bridgehead atoms. The van der Waals surface area contributed by atoms with Crippen LogP contribution < -0.4 is 0 Å². The molecule has 0 atom stereocenters. The van der Waals surface area contributed by atoms with Crippen molar-refractivity contribution in [2.24, 2.45) is 0 Å². The Balaban J connectivity index is 1.72. The summed E-state index contributed by atoms with van der Waals surface area (Å²) in [5, 5.41) is 3.71. The number of hydrogen-bond acceptors (Lipinski definition) is 5. The highest BCUT2D eigenvalue weighted by molar-refractivity contribution is 7.89. The molecule has 1 aromatic carbocycles. The second-order valence-corrected chi connectivity index (χ2v) is 8.20. The predicted octanol–water partition coefficient (Wildman–Crippen LogP) is 1.75. The van der Waals surface area contributed by atoms with Crippen LogP contribution in [0.5, 0.6) is 0 Å². The number of carbonyl (C=O) groups is 1. The first kappa shape index (κ1) is 17.6. The van der Waals surface area contributed by atoms with Crippen LogP contribution in [0, 0.1) is 20.8 Å². The number of carbonyl (C=O) groups excluding carboxylic acids is 1. The lowest BCUT2D eigenvalue weighted by Crippen LogP contribution is -2.50. The lowest BCUT2D eigenvalue weighted by atomic mass is 10.2. The van der Waals surface area contributed by atoms with Crippen LogP contribution in [0.2, 0.25) is 0 Å². The van der Waals surface area contributed by atoms with Crippen LogP contribution in [0.1, 0.15) is 27.4 Å². The molecule has 1 aromatic heterocycles. The number of hydrogen-bond donors (Lipinski definition) is 0. The van der Waals surface area contributed by atoms with Crippen molar-refractivity contribution in [2.45, 2.75) is 25.7 Å². The van der Waals surface area contributed by atoms with E-state index in [1.807, 2.05) is 13.0 Å². The van der Waals surface area contributed by atoms with Gasteiger partial charge in [-0.1, -0.05) is 22.9 Å². The summed E-state index contributed by atoms with van der Waals surface area (Å²) in [6.07, 6.45) is 0. The number of aryl methyl sites for hydroxylation is 3. The first-order valence-electron chi connectivity index (χ1n) is 8.09. The third-order valence-electron chi connectivity index (χ3n) is 4.31. The molecular weight excluding hydrogens is 342 g/mol. The predicted molar refractivity (Wildman–Crippen MR) is 91.8 cm³/mol. The monoisotopic (exact) mass is 363 g/mol. The summed E-state index contributed by atoms with van der Waals surface area (Å²) in [5.74, 6) is -0.0765. The molecule has 8 heteroatoms. The number of aromatic nitrogens is 1. The molecule has 0 saturated carbocycles. The van der Waals surface area contributed by atoms with E-state index in [2.05, 4.69) is 5.16 Å². The number of benzene rings is 1. The molecular formula is C17H21N3O4S. The Morgan fingerprint density at radius 1 is 1.08 bits per heavy atom. The van der Waals surface area contributed by atoms with E-state index in [1.54, 1.807) is 36.9 Å². The van der Waals surface area contributed by atoms with E-state index in [4.69, 9.17) is 4.52 Å². The Morgan fingerprint density at radius 3 is 2.32 bits per heavy atom. The third-order valence-corrected chi connectivity index (χ3v) is 6.37. The number of amides is 1. The maximum Gasteiger partial charge on any atom is 0.292 e. The largest absolute Gasteiger partial charge is 0.351 e. The minimum absolute atomic E-state index is 0.184. The second kappa shape index (κ2) is 6.61. The molecule has 1 saturated heterocycles. The minimum Gasteiger partial charge on any atom is -0.351 e. The summed E-state index contributed by atoms with van der Waals surface area (Å²) >= 11 is 0. The Kier molecular flexibility index (Phi) is 4.66. The van der Waals surface area contributed by atoms with Gasteiger partial charge in [-0.3, -0.25) is 4.79 Å². The van der Waals surface area contributed by atoms with Gasteiger partial charge in [0.2, 0.25) is 15.8 Å². The van der Waals surface area contributed by atoms with Gasteiger partial charge in [0.05, 0.1) is 10.6 Å². The van der Waals surface area contributed by atoms with E-state index < -0.39 is 10.0 Å². The minimum atomic E-state index is -3.56. The summed E-state index contributed by atoms with van der Waals surface area (Å²) in [4.78, 5) is 14.3. The van der Waals surface area contributed by atoms with Crippen molar-refractivity contribution in [1.82, 2.24) is 14.4 Å². The topological polar surface area (TPSA) is 83.7 Å². The van der Waals surface area contributed by atoms with E-state index in [-0.39, 0.29) is 24.8 Å². The lowest BCUT2D eigenvalue weighted by Gasteiger charge is -2.33. The molecule has 1 amide bonds. The maximum absolute atomic E-state index is 12.9. The summed E-state index contributed by atoms with van der Waals surface area (Å²) < 4.78 is 32.2. The number of sulfonamides is 1. The first-order chi connectivity index (χ1) is 11.8. The van der Waals surface area contributed by atoms with Crippen molar-refractivity contribution in [3.8, 4) is 0 Å². The highest BCUT2D eigenvalue weighted by Gasteiger charge is 2.32. The molecule has 0 N–H and O–H groups in total. The van der Waals surface area contributed by atoms with Gasteiger partial charge >= 0.3 is 0 Å². The van der Waals surface area contributed by atoms with Crippen LogP contribution >= 0.6 is 0 Å². The Hall–Kier alpha value is -2.19. The Morgan fingerprint density at radius 2 is 1.76 bits per heavy atom. The quantitative estimate of drug-likeness (QED) is 0.829. The average Bonchev–Trinajstić information content (AvgIpc) is 3.00. The van der Waals surface area contributed by atoms with Crippen molar-refractivity contribution >= 4 is 15.9 Å². The molecule has 2 heterocycles. The molecule has 0 spiro atoms. The van der Waals surface area contributed by atoms with Gasteiger partial charge in [0.15, 0.2) is 0 Å². The molecule has 0 unspecified atom stereocenters. The van der Waals surface area contributed by atoms with Crippen LogP contribution in [-0.2, 0) is 10.0 Å². The zero-order chi connectivity index (χ0) is 18.2.